The van der Waals surface area contributed by atoms with Gasteiger partial charge in [-0.25, -0.2) is 0 Å². The molecule has 0 saturated carbocycles. The first kappa shape index (κ1) is 11.7. The highest BCUT2D eigenvalue weighted by molar-refractivity contribution is 9.10. The van der Waals surface area contributed by atoms with E-state index in [1.165, 1.54) is 11.9 Å². The van der Waals surface area contributed by atoms with Crippen molar-refractivity contribution < 1.29 is 9.59 Å². The van der Waals surface area contributed by atoms with E-state index in [-0.39, 0.29) is 0 Å². The summed E-state index contributed by atoms with van der Waals surface area (Å²) >= 11 is 3.32. The Bertz CT molecular complexity index is 393. The van der Waals surface area contributed by atoms with Gasteiger partial charge in [0.2, 0.25) is 0 Å². The zero-order valence-electron chi connectivity index (χ0n) is 8.24. The average molecular weight is 271 g/mol. The highest BCUT2D eigenvalue weighted by Crippen LogP contribution is 2.12. The van der Waals surface area contributed by atoms with Crippen LogP contribution < -0.4 is 5.73 Å². The molecule has 0 aliphatic carbocycles. The van der Waals surface area contributed by atoms with Gasteiger partial charge in [0.05, 0.1) is 0 Å². The Morgan fingerprint density at radius 1 is 1.47 bits per heavy atom. The van der Waals surface area contributed by atoms with Gasteiger partial charge in [-0.15, -0.1) is 0 Å². The van der Waals surface area contributed by atoms with Crippen LogP contribution in [0.15, 0.2) is 28.7 Å². The van der Waals surface area contributed by atoms with Crippen LogP contribution in [0.3, 0.4) is 0 Å². The minimum absolute atomic E-state index is 0.362. The highest BCUT2D eigenvalue weighted by atomic mass is 79.9. The Morgan fingerprint density at radius 3 is 2.67 bits per heavy atom. The van der Waals surface area contributed by atoms with Crippen molar-refractivity contribution in [3.8, 4) is 0 Å². The van der Waals surface area contributed by atoms with Gasteiger partial charge in [0.25, 0.3) is 0 Å². The monoisotopic (exact) mass is 270 g/mol. The molecule has 0 aliphatic heterocycles. The quantitative estimate of drug-likeness (QED) is 0.812. The Morgan fingerprint density at radius 2 is 2.13 bits per heavy atom. The summed E-state index contributed by atoms with van der Waals surface area (Å²) in [6.45, 7) is 0.362. The fraction of sp³-hybridized carbons (Fsp3) is 0.200. The molecule has 0 fully saturated rings. The number of carbonyl (C=O) groups excluding carboxylic acids is 2. The lowest BCUT2D eigenvalue weighted by Gasteiger charge is -2.14. The molecule has 1 aromatic rings. The lowest BCUT2D eigenvalue weighted by atomic mass is 10.2. The standard InChI is InChI=1S/C10H11BrN2O2/c1-13(10(15)9(12)14)6-7-3-2-4-8(11)5-7/h2-5H,6H2,1H3,(H2,12,14). The number of primary amides is 1. The second-order valence-corrected chi connectivity index (χ2v) is 4.07. The van der Waals surface area contributed by atoms with Gasteiger partial charge in [0, 0.05) is 18.1 Å². The number of amides is 2. The van der Waals surface area contributed by atoms with E-state index < -0.39 is 11.8 Å². The molecule has 0 bridgehead atoms. The van der Waals surface area contributed by atoms with E-state index in [0.717, 1.165) is 10.0 Å². The van der Waals surface area contributed by atoms with Gasteiger partial charge in [-0.1, -0.05) is 28.1 Å². The van der Waals surface area contributed by atoms with Crippen LogP contribution in [-0.4, -0.2) is 23.8 Å². The summed E-state index contributed by atoms with van der Waals surface area (Å²) in [7, 11) is 1.54. The number of carbonyl (C=O) groups is 2. The number of nitrogens with zero attached hydrogens (tertiary/aromatic N) is 1. The average Bonchev–Trinajstić information content (AvgIpc) is 2.16. The second kappa shape index (κ2) is 4.93. The zero-order chi connectivity index (χ0) is 11.4. The fourth-order valence-corrected chi connectivity index (χ4v) is 1.62. The van der Waals surface area contributed by atoms with Crippen molar-refractivity contribution in [1.29, 1.82) is 0 Å². The first-order valence-electron chi connectivity index (χ1n) is 4.30. The maximum atomic E-state index is 11.2. The summed E-state index contributed by atoms with van der Waals surface area (Å²) in [5.41, 5.74) is 5.81. The molecule has 5 heteroatoms. The lowest BCUT2D eigenvalue weighted by molar-refractivity contribution is -0.143. The minimum Gasteiger partial charge on any atom is -0.361 e. The van der Waals surface area contributed by atoms with Crippen LogP contribution in [-0.2, 0) is 16.1 Å². The summed E-state index contributed by atoms with van der Waals surface area (Å²) in [5.74, 6) is -1.62. The van der Waals surface area contributed by atoms with Gasteiger partial charge in [-0.3, -0.25) is 9.59 Å². The number of nitrogens with two attached hydrogens (primary N) is 1. The molecule has 2 amide bonds. The summed E-state index contributed by atoms with van der Waals surface area (Å²) < 4.78 is 0.930. The van der Waals surface area contributed by atoms with Crippen molar-refractivity contribution in [2.45, 2.75) is 6.54 Å². The minimum atomic E-state index is -0.938. The molecule has 0 radical (unpaired) electrons. The van der Waals surface area contributed by atoms with Gasteiger partial charge in [-0.2, -0.15) is 0 Å². The van der Waals surface area contributed by atoms with E-state index in [0.29, 0.717) is 6.54 Å². The molecule has 0 heterocycles. The SMILES string of the molecule is CN(Cc1cccc(Br)c1)C(=O)C(N)=O. The molecule has 80 valence electrons. The van der Waals surface area contributed by atoms with Gasteiger partial charge in [-0.05, 0) is 17.7 Å². The van der Waals surface area contributed by atoms with Crippen molar-refractivity contribution in [3.05, 3.63) is 34.3 Å². The van der Waals surface area contributed by atoms with Crippen molar-refractivity contribution >= 4 is 27.7 Å². The van der Waals surface area contributed by atoms with Crippen molar-refractivity contribution in [1.82, 2.24) is 4.90 Å². The number of hydrogen-bond acceptors (Lipinski definition) is 2. The van der Waals surface area contributed by atoms with E-state index >= 15 is 0 Å². The van der Waals surface area contributed by atoms with Crippen molar-refractivity contribution in [2.75, 3.05) is 7.05 Å². The van der Waals surface area contributed by atoms with E-state index in [1.807, 2.05) is 24.3 Å². The van der Waals surface area contributed by atoms with E-state index in [4.69, 9.17) is 5.73 Å². The van der Waals surface area contributed by atoms with Crippen molar-refractivity contribution in [3.63, 3.8) is 0 Å². The molecule has 0 spiro atoms. The van der Waals surface area contributed by atoms with Gasteiger partial charge >= 0.3 is 11.8 Å². The molecule has 2 N–H and O–H groups in total. The van der Waals surface area contributed by atoms with Gasteiger partial charge < -0.3 is 10.6 Å². The van der Waals surface area contributed by atoms with Crippen molar-refractivity contribution in [2.24, 2.45) is 5.73 Å². The topological polar surface area (TPSA) is 63.4 Å². The molecule has 15 heavy (non-hydrogen) atoms. The van der Waals surface area contributed by atoms with E-state index in [1.54, 1.807) is 0 Å². The second-order valence-electron chi connectivity index (χ2n) is 3.16. The first-order chi connectivity index (χ1) is 7.00. The molecule has 0 unspecified atom stereocenters. The predicted molar refractivity (Wildman–Crippen MR) is 59.8 cm³/mol. The zero-order valence-corrected chi connectivity index (χ0v) is 9.82. The smallest absolute Gasteiger partial charge is 0.311 e. The summed E-state index contributed by atoms with van der Waals surface area (Å²) in [6.07, 6.45) is 0. The third kappa shape index (κ3) is 3.36. The molecule has 0 aromatic heterocycles. The summed E-state index contributed by atoms with van der Waals surface area (Å²) in [5, 5.41) is 0. The molecule has 1 rings (SSSR count). The number of hydrogen-bond donors (Lipinski definition) is 1. The van der Waals surface area contributed by atoms with Crippen LogP contribution in [0.4, 0.5) is 0 Å². The Balaban J connectivity index is 2.70. The third-order valence-corrected chi connectivity index (χ3v) is 2.36. The fourth-order valence-electron chi connectivity index (χ4n) is 1.17. The first-order valence-corrected chi connectivity index (χ1v) is 5.09. The molecular weight excluding hydrogens is 260 g/mol. The van der Waals surface area contributed by atoms with Crippen LogP contribution >= 0.6 is 15.9 Å². The number of benzene rings is 1. The molecule has 1 aromatic carbocycles. The summed E-state index contributed by atoms with van der Waals surface area (Å²) in [6, 6.07) is 7.50. The van der Waals surface area contributed by atoms with E-state index in [2.05, 4.69) is 15.9 Å². The highest BCUT2D eigenvalue weighted by Gasteiger charge is 2.14. The normalized spacial score (nSPS) is 9.73. The maximum absolute atomic E-state index is 11.2. The molecular formula is C10H11BrN2O2. The largest absolute Gasteiger partial charge is 0.361 e. The Kier molecular flexibility index (Phi) is 3.85. The molecule has 4 nitrogen and oxygen atoms in total. The van der Waals surface area contributed by atoms with Crippen LogP contribution in [0.25, 0.3) is 0 Å². The molecule has 0 aliphatic rings. The molecule has 0 saturated heterocycles. The maximum Gasteiger partial charge on any atom is 0.311 e. The summed E-state index contributed by atoms with van der Waals surface area (Å²) in [4.78, 5) is 23.1. The Hall–Kier alpha value is -1.36. The van der Waals surface area contributed by atoms with Gasteiger partial charge in [0.15, 0.2) is 0 Å². The molecule has 0 atom stereocenters. The van der Waals surface area contributed by atoms with Gasteiger partial charge in [0.1, 0.15) is 0 Å². The lowest BCUT2D eigenvalue weighted by Crippen LogP contribution is -2.37. The van der Waals surface area contributed by atoms with Crippen LogP contribution in [0.5, 0.6) is 0 Å². The van der Waals surface area contributed by atoms with E-state index in [9.17, 15) is 9.59 Å². The number of halogens is 1. The predicted octanol–water partition coefficient (Wildman–Crippen LogP) is 0.893. The van der Waals surface area contributed by atoms with Crippen LogP contribution in [0.1, 0.15) is 5.56 Å². The number of likely N-dealkylation sites (N-methyl/N-ethyl adjacent to an activating group) is 1. The Labute approximate surface area is 96.2 Å². The number of rotatable bonds is 2. The third-order valence-electron chi connectivity index (χ3n) is 1.87. The van der Waals surface area contributed by atoms with Crippen LogP contribution in [0, 0.1) is 0 Å². The van der Waals surface area contributed by atoms with Crippen LogP contribution in [0.2, 0.25) is 0 Å².